The molecule has 3 atom stereocenters. The Morgan fingerprint density at radius 3 is 3.10 bits per heavy atom. The number of hydrogen-bond acceptors (Lipinski definition) is 2. The van der Waals surface area contributed by atoms with Crippen LogP contribution in [0.1, 0.15) is 47.2 Å². The largest absolute Gasteiger partial charge is 0.294 e. The molecule has 0 bridgehead atoms. The lowest BCUT2D eigenvalue weighted by molar-refractivity contribution is 0.0959. The van der Waals surface area contributed by atoms with Crippen molar-refractivity contribution in [1.29, 1.82) is 0 Å². The lowest BCUT2D eigenvalue weighted by Gasteiger charge is -2.13. The van der Waals surface area contributed by atoms with E-state index in [1.807, 2.05) is 10.9 Å². The van der Waals surface area contributed by atoms with E-state index in [2.05, 4.69) is 36.3 Å². The van der Waals surface area contributed by atoms with E-state index in [1.165, 1.54) is 11.1 Å². The number of nitrogens with zero attached hydrogens (tertiary/aromatic N) is 2. The molecule has 0 spiro atoms. The third-order valence-electron chi connectivity index (χ3n) is 5.00. The predicted molar refractivity (Wildman–Crippen MR) is 81.3 cm³/mol. The summed E-state index contributed by atoms with van der Waals surface area (Å²) in [5.41, 5.74) is 3.64. The van der Waals surface area contributed by atoms with Crippen molar-refractivity contribution in [2.75, 3.05) is 0 Å². The van der Waals surface area contributed by atoms with Crippen molar-refractivity contribution in [3.05, 3.63) is 53.3 Å². The molecule has 1 saturated carbocycles. The molecule has 21 heavy (non-hydrogen) atoms. The van der Waals surface area contributed by atoms with Crippen LogP contribution in [-0.4, -0.2) is 15.6 Å². The molecule has 108 valence electrons. The summed E-state index contributed by atoms with van der Waals surface area (Å²) in [4.78, 5) is 12.7. The van der Waals surface area contributed by atoms with Crippen LogP contribution in [0.2, 0.25) is 0 Å². The molecule has 0 amide bonds. The molecule has 3 heteroatoms. The zero-order valence-electron chi connectivity index (χ0n) is 12.3. The fourth-order valence-electron chi connectivity index (χ4n) is 3.96. The van der Waals surface area contributed by atoms with E-state index in [0.29, 0.717) is 17.6 Å². The van der Waals surface area contributed by atoms with Crippen LogP contribution < -0.4 is 0 Å². The van der Waals surface area contributed by atoms with Crippen molar-refractivity contribution in [2.45, 2.75) is 38.6 Å². The van der Waals surface area contributed by atoms with Gasteiger partial charge < -0.3 is 0 Å². The third kappa shape index (κ3) is 2.03. The van der Waals surface area contributed by atoms with Gasteiger partial charge in [0.2, 0.25) is 0 Å². The molecule has 1 aromatic heterocycles. The van der Waals surface area contributed by atoms with Gasteiger partial charge in [0.25, 0.3) is 0 Å². The summed E-state index contributed by atoms with van der Waals surface area (Å²) in [6.45, 7) is 3.00. The molecule has 0 radical (unpaired) electrons. The highest BCUT2D eigenvalue weighted by Crippen LogP contribution is 2.60. The van der Waals surface area contributed by atoms with E-state index in [1.54, 1.807) is 6.20 Å². The number of Topliss-reactive ketones (excluding diaryl/α,β-unsaturated/α-hetero) is 1. The molecule has 2 aromatic rings. The molecule has 1 fully saturated rings. The quantitative estimate of drug-likeness (QED) is 0.804. The first-order valence-electron chi connectivity index (χ1n) is 7.94. The highest BCUT2D eigenvalue weighted by molar-refractivity contribution is 6.00. The smallest absolute Gasteiger partial charge is 0.170 e. The van der Waals surface area contributed by atoms with Crippen LogP contribution in [0.3, 0.4) is 0 Å². The van der Waals surface area contributed by atoms with Gasteiger partial charge in [-0.05, 0) is 42.2 Å². The van der Waals surface area contributed by atoms with Crippen molar-refractivity contribution >= 4 is 5.78 Å². The van der Waals surface area contributed by atoms with Gasteiger partial charge >= 0.3 is 0 Å². The first kappa shape index (κ1) is 12.8. The van der Waals surface area contributed by atoms with Crippen LogP contribution in [0.15, 0.2) is 36.7 Å². The second-order valence-corrected chi connectivity index (χ2v) is 6.31. The number of hydrogen-bond donors (Lipinski definition) is 0. The standard InChI is InChI=1S/C18H20N2O/c1-2-9-20-11-13(10-19-20)18(21)17-15-8-7-12-5-3-4-6-14(12)16(15)17/h3-6,10-11,15-17H,2,7-9H2,1H3. The van der Waals surface area contributed by atoms with Crippen molar-refractivity contribution < 1.29 is 4.79 Å². The molecule has 0 aliphatic heterocycles. The number of aromatic nitrogens is 2. The summed E-state index contributed by atoms with van der Waals surface area (Å²) in [5.74, 6) is 1.50. The second-order valence-electron chi connectivity index (χ2n) is 6.31. The van der Waals surface area contributed by atoms with Crippen LogP contribution in [0.25, 0.3) is 0 Å². The SMILES string of the molecule is CCCn1cc(C(=O)C2C3CCc4ccccc4C32)cn1. The molecule has 0 N–H and O–H groups in total. The number of ketones is 1. The van der Waals surface area contributed by atoms with Gasteiger partial charge in [0.15, 0.2) is 5.78 Å². The summed E-state index contributed by atoms with van der Waals surface area (Å²) in [7, 11) is 0. The van der Waals surface area contributed by atoms with Crippen LogP contribution in [0, 0.1) is 11.8 Å². The highest BCUT2D eigenvalue weighted by Gasteiger charge is 2.56. The zero-order valence-corrected chi connectivity index (χ0v) is 12.3. The monoisotopic (exact) mass is 280 g/mol. The summed E-state index contributed by atoms with van der Waals surface area (Å²) < 4.78 is 1.88. The summed E-state index contributed by atoms with van der Waals surface area (Å²) >= 11 is 0. The highest BCUT2D eigenvalue weighted by atomic mass is 16.1. The van der Waals surface area contributed by atoms with Crippen molar-refractivity contribution in [3.8, 4) is 0 Å². The fourth-order valence-corrected chi connectivity index (χ4v) is 3.96. The average molecular weight is 280 g/mol. The average Bonchev–Trinajstić information content (AvgIpc) is 3.08. The number of fused-ring (bicyclic) bond motifs is 3. The van der Waals surface area contributed by atoms with Crippen LogP contribution in [0.4, 0.5) is 0 Å². The minimum Gasteiger partial charge on any atom is -0.294 e. The Morgan fingerprint density at radius 1 is 1.38 bits per heavy atom. The van der Waals surface area contributed by atoms with E-state index in [0.717, 1.165) is 31.4 Å². The van der Waals surface area contributed by atoms with Crippen LogP contribution in [-0.2, 0) is 13.0 Å². The Bertz CT molecular complexity index is 688. The van der Waals surface area contributed by atoms with E-state index < -0.39 is 0 Å². The van der Waals surface area contributed by atoms with E-state index in [-0.39, 0.29) is 5.92 Å². The Balaban J connectivity index is 1.57. The van der Waals surface area contributed by atoms with Crippen molar-refractivity contribution in [3.63, 3.8) is 0 Å². The maximum absolute atomic E-state index is 12.7. The normalized spacial score (nSPS) is 26.0. The molecule has 0 saturated heterocycles. The lowest BCUT2D eigenvalue weighted by Crippen LogP contribution is -2.03. The first-order chi connectivity index (χ1) is 10.3. The van der Waals surface area contributed by atoms with Crippen LogP contribution >= 0.6 is 0 Å². The van der Waals surface area contributed by atoms with Gasteiger partial charge in [0, 0.05) is 18.7 Å². The van der Waals surface area contributed by atoms with E-state index >= 15 is 0 Å². The van der Waals surface area contributed by atoms with Gasteiger partial charge in [-0.25, -0.2) is 0 Å². The summed E-state index contributed by atoms with van der Waals surface area (Å²) in [6.07, 6.45) is 6.98. The van der Waals surface area contributed by atoms with Gasteiger partial charge in [-0.15, -0.1) is 0 Å². The van der Waals surface area contributed by atoms with Gasteiger partial charge in [0.1, 0.15) is 0 Å². The Hall–Kier alpha value is -1.90. The molecule has 2 aliphatic carbocycles. The van der Waals surface area contributed by atoms with Gasteiger partial charge in [-0.3, -0.25) is 9.48 Å². The Kier molecular flexibility index (Phi) is 2.95. The minimum atomic E-state index is 0.188. The topological polar surface area (TPSA) is 34.9 Å². The van der Waals surface area contributed by atoms with Gasteiger partial charge in [-0.1, -0.05) is 31.2 Å². The second kappa shape index (κ2) is 4.83. The minimum absolute atomic E-state index is 0.188. The van der Waals surface area contributed by atoms with E-state index in [9.17, 15) is 4.79 Å². The molecule has 3 nitrogen and oxygen atoms in total. The molecular weight excluding hydrogens is 260 g/mol. The molecule has 3 unspecified atom stereocenters. The Labute approximate surface area is 125 Å². The fraction of sp³-hybridized carbons (Fsp3) is 0.444. The van der Waals surface area contributed by atoms with Gasteiger partial charge in [-0.2, -0.15) is 5.10 Å². The summed E-state index contributed by atoms with van der Waals surface area (Å²) in [5, 5.41) is 4.29. The number of aryl methyl sites for hydroxylation is 2. The maximum atomic E-state index is 12.7. The number of benzene rings is 1. The van der Waals surface area contributed by atoms with Crippen molar-refractivity contribution in [1.82, 2.24) is 9.78 Å². The van der Waals surface area contributed by atoms with Crippen LogP contribution in [0.5, 0.6) is 0 Å². The predicted octanol–water partition coefficient (Wildman–Crippen LogP) is 3.45. The number of carbonyl (C=O) groups excluding carboxylic acids is 1. The molecule has 2 aliphatic rings. The lowest BCUT2D eigenvalue weighted by atomic mass is 9.92. The zero-order chi connectivity index (χ0) is 14.4. The Morgan fingerprint density at radius 2 is 2.24 bits per heavy atom. The maximum Gasteiger partial charge on any atom is 0.170 e. The molecule has 4 rings (SSSR count). The van der Waals surface area contributed by atoms with E-state index in [4.69, 9.17) is 0 Å². The van der Waals surface area contributed by atoms with Gasteiger partial charge in [0.05, 0.1) is 11.8 Å². The molecule has 1 aromatic carbocycles. The van der Waals surface area contributed by atoms with Crippen molar-refractivity contribution in [2.24, 2.45) is 11.8 Å². The summed E-state index contributed by atoms with van der Waals surface area (Å²) in [6, 6.07) is 8.62. The molecule has 1 heterocycles. The number of carbonyl (C=O) groups is 1. The first-order valence-corrected chi connectivity index (χ1v) is 7.94. The number of rotatable bonds is 4. The third-order valence-corrected chi connectivity index (χ3v) is 5.00. The molecular formula is C18H20N2O.